The minimum atomic E-state index is 0.752. The van der Waals surface area contributed by atoms with Gasteiger partial charge in [0.25, 0.3) is 0 Å². The summed E-state index contributed by atoms with van der Waals surface area (Å²) in [4.78, 5) is 2.50. The second-order valence-electron chi connectivity index (χ2n) is 3.80. The smallest absolute Gasteiger partial charge is 0.0107 e. The van der Waals surface area contributed by atoms with Gasteiger partial charge < -0.3 is 5.73 Å². The van der Waals surface area contributed by atoms with Crippen molar-refractivity contribution in [2.24, 2.45) is 11.7 Å². The van der Waals surface area contributed by atoms with Crippen molar-refractivity contribution in [1.82, 2.24) is 4.90 Å². The number of hydrogen-bond acceptors (Lipinski definition) is 2. The summed E-state index contributed by atoms with van der Waals surface area (Å²) in [6.07, 6.45) is 2.70. The Morgan fingerprint density at radius 2 is 2.18 bits per heavy atom. The number of piperidine rings is 1. The Hall–Kier alpha value is -0.0800. The van der Waals surface area contributed by atoms with Crippen LogP contribution in [-0.2, 0) is 0 Å². The maximum atomic E-state index is 5.51. The molecule has 66 valence electrons. The molecule has 0 saturated carbocycles. The zero-order chi connectivity index (χ0) is 8.27. The number of nitrogens with zero attached hydrogens (tertiary/aromatic N) is 1. The van der Waals surface area contributed by atoms with Crippen LogP contribution < -0.4 is 5.73 Å². The van der Waals surface area contributed by atoms with Crippen LogP contribution in [-0.4, -0.2) is 30.6 Å². The second kappa shape index (κ2) is 4.07. The molecule has 0 spiro atoms. The average Bonchev–Trinajstić information content (AvgIpc) is 1.95. The Morgan fingerprint density at radius 3 is 2.73 bits per heavy atom. The SMILES string of the molecule is C[C@H]1CCN(CCN)[C@H](C)C1. The van der Waals surface area contributed by atoms with Crippen molar-refractivity contribution in [3.63, 3.8) is 0 Å². The van der Waals surface area contributed by atoms with Gasteiger partial charge in [-0.2, -0.15) is 0 Å². The molecule has 1 aliphatic heterocycles. The summed E-state index contributed by atoms with van der Waals surface area (Å²) in [5, 5.41) is 0. The van der Waals surface area contributed by atoms with E-state index in [0.29, 0.717) is 0 Å². The van der Waals surface area contributed by atoms with Gasteiger partial charge in [0, 0.05) is 19.1 Å². The number of nitrogens with two attached hydrogens (primary N) is 1. The van der Waals surface area contributed by atoms with E-state index >= 15 is 0 Å². The molecule has 0 aromatic carbocycles. The molecule has 1 fully saturated rings. The van der Waals surface area contributed by atoms with Gasteiger partial charge in [-0.3, -0.25) is 4.90 Å². The zero-order valence-electron chi connectivity index (χ0n) is 7.71. The van der Waals surface area contributed by atoms with Crippen LogP contribution in [0.25, 0.3) is 0 Å². The van der Waals surface area contributed by atoms with Crippen molar-refractivity contribution in [3.8, 4) is 0 Å². The molecule has 11 heavy (non-hydrogen) atoms. The summed E-state index contributed by atoms with van der Waals surface area (Å²) in [7, 11) is 0. The lowest BCUT2D eigenvalue weighted by atomic mass is 9.93. The summed E-state index contributed by atoms with van der Waals surface area (Å²) >= 11 is 0. The highest BCUT2D eigenvalue weighted by Crippen LogP contribution is 2.21. The highest BCUT2D eigenvalue weighted by Gasteiger charge is 2.21. The lowest BCUT2D eigenvalue weighted by Crippen LogP contribution is -2.42. The van der Waals surface area contributed by atoms with E-state index in [0.717, 1.165) is 25.0 Å². The highest BCUT2D eigenvalue weighted by molar-refractivity contribution is 4.76. The first kappa shape index (κ1) is 9.01. The quantitative estimate of drug-likeness (QED) is 0.648. The molecule has 0 amide bonds. The maximum absolute atomic E-state index is 5.51. The van der Waals surface area contributed by atoms with Crippen LogP contribution in [0.1, 0.15) is 26.7 Å². The zero-order valence-corrected chi connectivity index (χ0v) is 7.71. The largest absolute Gasteiger partial charge is 0.329 e. The first-order chi connectivity index (χ1) is 5.24. The molecule has 1 rings (SSSR count). The normalized spacial score (nSPS) is 34.1. The fourth-order valence-corrected chi connectivity index (χ4v) is 1.95. The first-order valence-corrected chi connectivity index (χ1v) is 4.68. The van der Waals surface area contributed by atoms with Gasteiger partial charge >= 0.3 is 0 Å². The van der Waals surface area contributed by atoms with E-state index in [1.165, 1.54) is 19.4 Å². The van der Waals surface area contributed by atoms with E-state index in [9.17, 15) is 0 Å². The van der Waals surface area contributed by atoms with Crippen molar-refractivity contribution in [2.45, 2.75) is 32.7 Å². The first-order valence-electron chi connectivity index (χ1n) is 4.68. The van der Waals surface area contributed by atoms with Gasteiger partial charge in [-0.15, -0.1) is 0 Å². The predicted octanol–water partition coefficient (Wildman–Crippen LogP) is 1.07. The van der Waals surface area contributed by atoms with Crippen LogP contribution in [0, 0.1) is 5.92 Å². The van der Waals surface area contributed by atoms with E-state index < -0.39 is 0 Å². The Kier molecular flexibility index (Phi) is 3.34. The van der Waals surface area contributed by atoms with Crippen LogP contribution in [0.4, 0.5) is 0 Å². The number of hydrogen-bond donors (Lipinski definition) is 1. The van der Waals surface area contributed by atoms with Crippen LogP contribution in [0.15, 0.2) is 0 Å². The lowest BCUT2D eigenvalue weighted by molar-refractivity contribution is 0.133. The minimum Gasteiger partial charge on any atom is -0.329 e. The van der Waals surface area contributed by atoms with Gasteiger partial charge in [-0.25, -0.2) is 0 Å². The number of rotatable bonds is 2. The van der Waals surface area contributed by atoms with E-state index in [-0.39, 0.29) is 0 Å². The molecule has 0 aromatic rings. The molecular weight excluding hydrogens is 136 g/mol. The van der Waals surface area contributed by atoms with E-state index in [4.69, 9.17) is 5.73 Å². The highest BCUT2D eigenvalue weighted by atomic mass is 15.2. The monoisotopic (exact) mass is 156 g/mol. The Bertz CT molecular complexity index is 114. The van der Waals surface area contributed by atoms with Crippen LogP contribution in [0.5, 0.6) is 0 Å². The van der Waals surface area contributed by atoms with Crippen molar-refractivity contribution in [1.29, 1.82) is 0 Å². The van der Waals surface area contributed by atoms with Gasteiger partial charge in [-0.05, 0) is 32.2 Å². The predicted molar refractivity (Wildman–Crippen MR) is 48.5 cm³/mol. The van der Waals surface area contributed by atoms with Gasteiger partial charge in [0.15, 0.2) is 0 Å². The standard InChI is InChI=1S/C9H20N2/c1-8-3-5-11(6-4-10)9(2)7-8/h8-9H,3-7,10H2,1-2H3/t8-,9+/m0/s1. The summed E-state index contributed by atoms with van der Waals surface area (Å²) in [5.41, 5.74) is 5.51. The Labute approximate surface area is 69.8 Å². The van der Waals surface area contributed by atoms with Crippen molar-refractivity contribution in [2.75, 3.05) is 19.6 Å². The molecule has 2 nitrogen and oxygen atoms in total. The summed E-state index contributed by atoms with van der Waals surface area (Å²) in [6, 6.07) is 0.752. The van der Waals surface area contributed by atoms with Crippen LogP contribution >= 0.6 is 0 Å². The average molecular weight is 156 g/mol. The fraction of sp³-hybridized carbons (Fsp3) is 1.00. The molecule has 2 heteroatoms. The summed E-state index contributed by atoms with van der Waals surface area (Å²) < 4.78 is 0. The third kappa shape index (κ3) is 2.46. The van der Waals surface area contributed by atoms with E-state index in [1.807, 2.05) is 0 Å². The number of likely N-dealkylation sites (tertiary alicyclic amines) is 1. The molecule has 2 atom stereocenters. The van der Waals surface area contributed by atoms with Gasteiger partial charge in [0.05, 0.1) is 0 Å². The van der Waals surface area contributed by atoms with E-state index in [1.54, 1.807) is 0 Å². The molecule has 0 aliphatic carbocycles. The van der Waals surface area contributed by atoms with Crippen molar-refractivity contribution >= 4 is 0 Å². The van der Waals surface area contributed by atoms with Crippen molar-refractivity contribution < 1.29 is 0 Å². The Morgan fingerprint density at radius 1 is 1.45 bits per heavy atom. The molecule has 1 aliphatic rings. The molecule has 1 saturated heterocycles. The topological polar surface area (TPSA) is 29.3 Å². The third-order valence-electron chi connectivity index (χ3n) is 2.69. The van der Waals surface area contributed by atoms with E-state index in [2.05, 4.69) is 18.7 Å². The fourth-order valence-electron chi connectivity index (χ4n) is 1.95. The van der Waals surface area contributed by atoms with Crippen LogP contribution in [0.3, 0.4) is 0 Å². The molecular formula is C9H20N2. The minimum absolute atomic E-state index is 0.752. The molecule has 0 radical (unpaired) electrons. The van der Waals surface area contributed by atoms with Gasteiger partial charge in [-0.1, -0.05) is 6.92 Å². The lowest BCUT2D eigenvalue weighted by Gasteiger charge is -2.36. The van der Waals surface area contributed by atoms with Gasteiger partial charge in [0.2, 0.25) is 0 Å². The van der Waals surface area contributed by atoms with Gasteiger partial charge in [0.1, 0.15) is 0 Å². The molecule has 0 bridgehead atoms. The second-order valence-corrected chi connectivity index (χ2v) is 3.80. The Balaban J connectivity index is 2.31. The summed E-state index contributed by atoms with van der Waals surface area (Å²) in [6.45, 7) is 7.79. The molecule has 1 heterocycles. The van der Waals surface area contributed by atoms with Crippen molar-refractivity contribution in [3.05, 3.63) is 0 Å². The molecule has 0 aromatic heterocycles. The third-order valence-corrected chi connectivity index (χ3v) is 2.69. The molecule has 0 unspecified atom stereocenters. The van der Waals surface area contributed by atoms with Crippen LogP contribution in [0.2, 0.25) is 0 Å². The maximum Gasteiger partial charge on any atom is 0.0107 e. The molecule has 2 N–H and O–H groups in total. The summed E-state index contributed by atoms with van der Waals surface area (Å²) in [5.74, 6) is 0.916.